The lowest BCUT2D eigenvalue weighted by atomic mass is 10.0. The molecular formula is C32H51N3. The van der Waals surface area contributed by atoms with E-state index in [-0.39, 0.29) is 0 Å². The summed E-state index contributed by atoms with van der Waals surface area (Å²) in [7, 11) is 4.09. The first-order valence-electron chi connectivity index (χ1n) is 14.5. The topological polar surface area (TPSA) is 28.0 Å². The zero-order valence-electron chi connectivity index (χ0n) is 23.0. The number of aryl methyl sites for hydroxylation is 1. The van der Waals surface area contributed by atoms with Gasteiger partial charge in [-0.2, -0.15) is 10.2 Å². The molecule has 0 fully saturated rings. The van der Waals surface area contributed by atoms with Crippen LogP contribution >= 0.6 is 0 Å². The fourth-order valence-electron chi connectivity index (χ4n) is 4.61. The molecule has 0 aromatic heterocycles. The number of benzene rings is 2. The van der Waals surface area contributed by atoms with Crippen molar-refractivity contribution in [2.24, 2.45) is 10.2 Å². The Labute approximate surface area is 216 Å². The van der Waals surface area contributed by atoms with Crippen molar-refractivity contribution in [2.45, 2.75) is 116 Å². The van der Waals surface area contributed by atoms with Gasteiger partial charge in [-0.05, 0) is 48.7 Å². The van der Waals surface area contributed by atoms with Crippen LogP contribution in [0.5, 0.6) is 0 Å². The van der Waals surface area contributed by atoms with E-state index < -0.39 is 0 Å². The highest BCUT2D eigenvalue weighted by Crippen LogP contribution is 2.25. The van der Waals surface area contributed by atoms with Gasteiger partial charge in [0.2, 0.25) is 0 Å². The molecule has 0 radical (unpaired) electrons. The third-order valence-electron chi connectivity index (χ3n) is 6.93. The number of hydrogen-bond donors (Lipinski definition) is 0. The largest absolute Gasteiger partial charge is 0.378 e. The molecule has 0 saturated heterocycles. The molecule has 35 heavy (non-hydrogen) atoms. The molecule has 0 atom stereocenters. The Morgan fingerprint density at radius 3 is 1.54 bits per heavy atom. The predicted molar refractivity (Wildman–Crippen MR) is 155 cm³/mol. The number of hydrogen-bond acceptors (Lipinski definition) is 3. The number of nitrogens with zero attached hydrogens (tertiary/aromatic N) is 3. The molecule has 0 spiro atoms. The zero-order valence-corrected chi connectivity index (χ0v) is 23.0. The molecule has 0 saturated carbocycles. The lowest BCUT2D eigenvalue weighted by Crippen LogP contribution is -2.07. The summed E-state index contributed by atoms with van der Waals surface area (Å²) in [4.78, 5) is 2.09. The highest BCUT2D eigenvalue weighted by atomic mass is 15.1. The van der Waals surface area contributed by atoms with Gasteiger partial charge in [-0.3, -0.25) is 0 Å². The van der Waals surface area contributed by atoms with Crippen LogP contribution in [0.2, 0.25) is 0 Å². The van der Waals surface area contributed by atoms with E-state index >= 15 is 0 Å². The molecule has 0 aliphatic rings. The van der Waals surface area contributed by atoms with Crippen LogP contribution in [0.4, 0.5) is 17.1 Å². The predicted octanol–water partition coefficient (Wildman–Crippen LogP) is 11.0. The van der Waals surface area contributed by atoms with E-state index in [4.69, 9.17) is 0 Å². The Morgan fingerprint density at radius 2 is 1.03 bits per heavy atom. The second kappa shape index (κ2) is 19.1. The molecule has 0 aliphatic carbocycles. The van der Waals surface area contributed by atoms with E-state index in [1.54, 1.807) is 0 Å². The normalized spacial score (nSPS) is 11.4. The minimum absolute atomic E-state index is 0.896. The van der Waals surface area contributed by atoms with Gasteiger partial charge in [0.05, 0.1) is 11.4 Å². The van der Waals surface area contributed by atoms with Gasteiger partial charge in [-0.25, -0.2) is 0 Å². The Balaban J connectivity index is 1.52. The van der Waals surface area contributed by atoms with Crippen molar-refractivity contribution in [3.8, 4) is 0 Å². The lowest BCUT2D eigenvalue weighted by molar-refractivity contribution is 0.529. The third kappa shape index (κ3) is 13.5. The molecule has 2 aromatic carbocycles. The number of unbranched alkanes of at least 4 members (excludes halogenated alkanes) is 15. The first-order chi connectivity index (χ1) is 17.2. The summed E-state index contributed by atoms with van der Waals surface area (Å²) in [5.74, 6) is 0. The van der Waals surface area contributed by atoms with Crippen LogP contribution < -0.4 is 4.90 Å². The minimum atomic E-state index is 0.896. The van der Waals surface area contributed by atoms with Crippen LogP contribution in [-0.4, -0.2) is 14.1 Å². The number of rotatable bonds is 20. The standard InChI is InChI=1S/C32H51N3/c1-4-5-6-7-8-9-10-11-12-13-14-15-16-17-18-19-22-29-23-20-21-24-32(29)34-33-30-25-27-31(28-26-30)35(2)3/h20-21,23-28H,4-19,22H2,1-3H3. The molecule has 3 heteroatoms. The van der Waals surface area contributed by atoms with Gasteiger partial charge in [0, 0.05) is 19.8 Å². The molecule has 0 N–H and O–H groups in total. The molecule has 2 rings (SSSR count). The molecular weight excluding hydrogens is 426 g/mol. The quantitative estimate of drug-likeness (QED) is 0.138. The van der Waals surface area contributed by atoms with Crippen molar-refractivity contribution in [3.63, 3.8) is 0 Å². The average Bonchev–Trinajstić information content (AvgIpc) is 2.88. The molecule has 0 aliphatic heterocycles. The molecule has 194 valence electrons. The second-order valence-corrected chi connectivity index (χ2v) is 10.3. The van der Waals surface area contributed by atoms with Gasteiger partial charge in [0.1, 0.15) is 0 Å². The molecule has 0 heterocycles. The third-order valence-corrected chi connectivity index (χ3v) is 6.93. The van der Waals surface area contributed by atoms with Crippen molar-refractivity contribution in [1.29, 1.82) is 0 Å². The maximum atomic E-state index is 4.55. The van der Waals surface area contributed by atoms with Crippen LogP contribution in [0, 0.1) is 0 Å². The fourth-order valence-corrected chi connectivity index (χ4v) is 4.61. The van der Waals surface area contributed by atoms with Gasteiger partial charge >= 0.3 is 0 Å². The summed E-state index contributed by atoms with van der Waals surface area (Å²) in [5, 5.41) is 9.02. The van der Waals surface area contributed by atoms with Crippen LogP contribution in [0.15, 0.2) is 58.8 Å². The van der Waals surface area contributed by atoms with E-state index in [9.17, 15) is 0 Å². The zero-order chi connectivity index (χ0) is 25.0. The summed E-state index contributed by atoms with van der Waals surface area (Å²) in [5.41, 5.74) is 4.39. The van der Waals surface area contributed by atoms with Crippen molar-refractivity contribution in [2.75, 3.05) is 19.0 Å². The van der Waals surface area contributed by atoms with E-state index in [0.29, 0.717) is 0 Å². The smallest absolute Gasteiger partial charge is 0.0889 e. The number of azo groups is 1. The summed E-state index contributed by atoms with van der Waals surface area (Å²) in [6.07, 6.45) is 23.6. The second-order valence-electron chi connectivity index (χ2n) is 10.3. The summed E-state index contributed by atoms with van der Waals surface area (Å²) in [6.45, 7) is 2.29. The molecule has 0 amide bonds. The first-order valence-corrected chi connectivity index (χ1v) is 14.5. The highest BCUT2D eigenvalue weighted by Gasteiger charge is 2.02. The van der Waals surface area contributed by atoms with Crippen molar-refractivity contribution in [1.82, 2.24) is 0 Å². The summed E-state index contributed by atoms with van der Waals surface area (Å²) in [6, 6.07) is 16.7. The van der Waals surface area contributed by atoms with Crippen LogP contribution in [0.25, 0.3) is 0 Å². The van der Waals surface area contributed by atoms with E-state index in [1.807, 2.05) is 26.2 Å². The molecule has 0 unspecified atom stereocenters. The Bertz CT molecular complexity index is 795. The Hall–Kier alpha value is -2.16. The first kappa shape index (κ1) is 29.1. The Morgan fingerprint density at radius 1 is 0.543 bits per heavy atom. The van der Waals surface area contributed by atoms with Gasteiger partial charge in [0.25, 0.3) is 0 Å². The summed E-state index contributed by atoms with van der Waals surface area (Å²) < 4.78 is 0. The lowest BCUT2D eigenvalue weighted by Gasteiger charge is -2.11. The van der Waals surface area contributed by atoms with Gasteiger partial charge < -0.3 is 4.90 Å². The van der Waals surface area contributed by atoms with E-state index in [2.05, 4.69) is 58.5 Å². The maximum absolute atomic E-state index is 4.55. The SMILES string of the molecule is CCCCCCCCCCCCCCCCCCc1ccccc1N=Nc1ccc(N(C)C)cc1. The van der Waals surface area contributed by atoms with Crippen LogP contribution in [-0.2, 0) is 6.42 Å². The number of anilines is 1. The van der Waals surface area contributed by atoms with E-state index in [0.717, 1.165) is 17.8 Å². The monoisotopic (exact) mass is 477 g/mol. The maximum Gasteiger partial charge on any atom is 0.0889 e. The molecule has 2 aromatic rings. The van der Waals surface area contributed by atoms with Crippen molar-refractivity contribution in [3.05, 3.63) is 54.1 Å². The van der Waals surface area contributed by atoms with Gasteiger partial charge in [0.15, 0.2) is 0 Å². The molecule has 3 nitrogen and oxygen atoms in total. The Kier molecular flexibility index (Phi) is 15.8. The van der Waals surface area contributed by atoms with Gasteiger partial charge in [-0.15, -0.1) is 0 Å². The summed E-state index contributed by atoms with van der Waals surface area (Å²) >= 11 is 0. The average molecular weight is 478 g/mol. The van der Waals surface area contributed by atoms with Crippen molar-refractivity contribution >= 4 is 17.1 Å². The van der Waals surface area contributed by atoms with Crippen molar-refractivity contribution < 1.29 is 0 Å². The van der Waals surface area contributed by atoms with E-state index in [1.165, 1.54) is 114 Å². The fraction of sp³-hybridized carbons (Fsp3) is 0.625. The van der Waals surface area contributed by atoms with Crippen LogP contribution in [0.1, 0.15) is 115 Å². The molecule has 0 bridgehead atoms. The minimum Gasteiger partial charge on any atom is -0.378 e. The highest BCUT2D eigenvalue weighted by molar-refractivity contribution is 5.52. The van der Waals surface area contributed by atoms with Gasteiger partial charge in [-0.1, -0.05) is 121 Å². The van der Waals surface area contributed by atoms with Crippen LogP contribution in [0.3, 0.4) is 0 Å².